The van der Waals surface area contributed by atoms with Gasteiger partial charge in [-0.25, -0.2) is 9.40 Å². The summed E-state index contributed by atoms with van der Waals surface area (Å²) in [6, 6.07) is 9.01. The highest BCUT2D eigenvalue weighted by Crippen LogP contribution is 2.35. The number of hydrazone groups is 1. The predicted molar refractivity (Wildman–Crippen MR) is 113 cm³/mol. The Kier molecular flexibility index (Phi) is 5.38. The molecule has 0 aliphatic carbocycles. The lowest BCUT2D eigenvalue weighted by Gasteiger charge is -2.21. The van der Waals surface area contributed by atoms with Gasteiger partial charge in [-0.2, -0.15) is 10.1 Å². The third-order valence-corrected chi connectivity index (χ3v) is 5.14. The molecule has 0 unspecified atom stereocenters. The van der Waals surface area contributed by atoms with Gasteiger partial charge in [-0.15, -0.1) is 0 Å². The van der Waals surface area contributed by atoms with Crippen LogP contribution in [0.4, 0.5) is 10.1 Å². The molecule has 0 radical (unpaired) electrons. The predicted octanol–water partition coefficient (Wildman–Crippen LogP) is 3.22. The van der Waals surface area contributed by atoms with E-state index in [0.29, 0.717) is 28.6 Å². The van der Waals surface area contributed by atoms with Crippen LogP contribution in [0.15, 0.2) is 46.0 Å². The number of hydrogen-bond donors (Lipinski definition) is 1. The third-order valence-electron chi connectivity index (χ3n) is 4.90. The normalized spacial score (nSPS) is 14.9. The zero-order valence-electron chi connectivity index (χ0n) is 16.9. The second-order valence-corrected chi connectivity index (χ2v) is 7.60. The monoisotopic (exact) mass is 471 g/mol. The zero-order valence-corrected chi connectivity index (χ0v) is 17.6. The third kappa shape index (κ3) is 4.35. The lowest BCUT2D eigenvalue weighted by atomic mass is 10.1. The number of anilines is 1. The first-order valence-electron chi connectivity index (χ1n) is 9.83. The molecule has 12 heteroatoms. The average Bonchev–Trinajstić information content (AvgIpc) is 3.47. The topological polar surface area (TPSA) is 119 Å². The summed E-state index contributed by atoms with van der Waals surface area (Å²) in [5, 5.41) is 11.8. The molecule has 2 aliphatic rings. The second kappa shape index (κ2) is 8.51. The summed E-state index contributed by atoms with van der Waals surface area (Å²) in [6.07, 6.45) is 0.363. The van der Waals surface area contributed by atoms with Gasteiger partial charge in [-0.3, -0.25) is 9.59 Å². The van der Waals surface area contributed by atoms with Crippen LogP contribution in [-0.4, -0.2) is 46.0 Å². The molecular formula is C21H15ClFN5O5. The van der Waals surface area contributed by atoms with Crippen molar-refractivity contribution in [1.82, 2.24) is 15.1 Å². The maximum atomic E-state index is 13.9. The fourth-order valence-electron chi connectivity index (χ4n) is 3.29. The van der Waals surface area contributed by atoms with E-state index in [9.17, 15) is 14.0 Å². The molecule has 0 atom stereocenters. The standard InChI is InChI=1S/C21H15ClFN5O5/c22-12-2-3-13(23)15(8-12)24-18(29)9-28-19(30)6-4-14(26-28)21-25-20(27-33-21)11-1-5-16-17(7-11)32-10-31-16/h1-3,5,7-8H,4,6,9-10H2,(H,24,29). The van der Waals surface area contributed by atoms with Gasteiger partial charge < -0.3 is 19.3 Å². The van der Waals surface area contributed by atoms with E-state index >= 15 is 0 Å². The SMILES string of the molecule is O=C(CN1N=C(c2nc(-c3ccc4c(c3)OCO4)no2)CCC1=O)Nc1cc(Cl)ccc1F. The maximum absolute atomic E-state index is 13.9. The molecule has 0 fully saturated rings. The van der Waals surface area contributed by atoms with Gasteiger partial charge in [0, 0.05) is 23.4 Å². The van der Waals surface area contributed by atoms with Gasteiger partial charge in [0.1, 0.15) is 18.1 Å². The molecule has 10 nitrogen and oxygen atoms in total. The number of aromatic nitrogens is 2. The van der Waals surface area contributed by atoms with Gasteiger partial charge in [0.15, 0.2) is 11.5 Å². The highest BCUT2D eigenvalue weighted by Gasteiger charge is 2.27. The lowest BCUT2D eigenvalue weighted by molar-refractivity contribution is -0.135. The van der Waals surface area contributed by atoms with E-state index in [1.807, 2.05) is 0 Å². The first-order chi connectivity index (χ1) is 16.0. The van der Waals surface area contributed by atoms with Crippen LogP contribution in [-0.2, 0) is 9.59 Å². The molecule has 2 aromatic carbocycles. The number of halogens is 2. The minimum absolute atomic E-state index is 0.0913. The summed E-state index contributed by atoms with van der Waals surface area (Å²) in [7, 11) is 0. The van der Waals surface area contributed by atoms with Gasteiger partial charge in [0.05, 0.1) is 5.69 Å². The van der Waals surface area contributed by atoms with Crippen LogP contribution in [0.2, 0.25) is 5.02 Å². The molecule has 5 rings (SSSR count). The van der Waals surface area contributed by atoms with E-state index in [2.05, 4.69) is 20.6 Å². The van der Waals surface area contributed by atoms with Crippen LogP contribution < -0.4 is 14.8 Å². The van der Waals surface area contributed by atoms with Crippen LogP contribution in [0.25, 0.3) is 11.4 Å². The number of amides is 2. The van der Waals surface area contributed by atoms with E-state index < -0.39 is 18.3 Å². The van der Waals surface area contributed by atoms with Gasteiger partial charge in [0.2, 0.25) is 24.4 Å². The number of nitrogens with zero attached hydrogens (tertiary/aromatic N) is 4. The number of rotatable bonds is 5. The Morgan fingerprint density at radius 2 is 2.00 bits per heavy atom. The molecule has 1 aromatic heterocycles. The van der Waals surface area contributed by atoms with Crippen molar-refractivity contribution in [2.24, 2.45) is 5.10 Å². The van der Waals surface area contributed by atoms with Crippen LogP contribution in [0, 0.1) is 5.82 Å². The average molecular weight is 472 g/mol. The van der Waals surface area contributed by atoms with Crippen molar-refractivity contribution >= 4 is 34.8 Å². The molecule has 0 saturated carbocycles. The summed E-state index contributed by atoms with van der Waals surface area (Å²) in [4.78, 5) is 29.0. The molecule has 0 spiro atoms. The van der Waals surface area contributed by atoms with Crippen molar-refractivity contribution in [3.05, 3.63) is 53.1 Å². The van der Waals surface area contributed by atoms with Crippen molar-refractivity contribution < 1.29 is 28.0 Å². The Hall–Kier alpha value is -3.99. The number of carbonyl (C=O) groups excluding carboxylic acids is 2. The van der Waals surface area contributed by atoms with E-state index in [1.54, 1.807) is 18.2 Å². The van der Waals surface area contributed by atoms with Gasteiger partial charge >= 0.3 is 0 Å². The van der Waals surface area contributed by atoms with Crippen molar-refractivity contribution in [2.75, 3.05) is 18.7 Å². The Balaban J connectivity index is 1.32. The van der Waals surface area contributed by atoms with E-state index in [0.717, 1.165) is 11.1 Å². The summed E-state index contributed by atoms with van der Waals surface area (Å²) < 4.78 is 29.8. The quantitative estimate of drug-likeness (QED) is 0.606. The molecule has 168 valence electrons. The Morgan fingerprint density at radius 3 is 2.88 bits per heavy atom. The van der Waals surface area contributed by atoms with Crippen molar-refractivity contribution in [3.8, 4) is 22.9 Å². The fraction of sp³-hybridized carbons (Fsp3) is 0.190. The molecule has 1 N–H and O–H groups in total. The van der Waals surface area contributed by atoms with Crippen LogP contribution in [0.1, 0.15) is 18.7 Å². The highest BCUT2D eigenvalue weighted by molar-refractivity contribution is 6.30. The van der Waals surface area contributed by atoms with E-state index in [-0.39, 0.29) is 42.1 Å². The van der Waals surface area contributed by atoms with Crippen LogP contribution in [0.3, 0.4) is 0 Å². The number of hydrogen-bond acceptors (Lipinski definition) is 8. The first-order valence-corrected chi connectivity index (χ1v) is 10.2. The zero-order chi connectivity index (χ0) is 22.9. The van der Waals surface area contributed by atoms with Gasteiger partial charge in [-0.05, 0) is 36.4 Å². The largest absolute Gasteiger partial charge is 0.454 e. The number of benzene rings is 2. The minimum Gasteiger partial charge on any atom is -0.454 e. The molecule has 0 bridgehead atoms. The van der Waals surface area contributed by atoms with Gasteiger partial charge in [0.25, 0.3) is 5.89 Å². The van der Waals surface area contributed by atoms with Crippen LogP contribution in [0.5, 0.6) is 11.5 Å². The summed E-state index contributed by atoms with van der Waals surface area (Å²) >= 11 is 5.84. The van der Waals surface area contributed by atoms with E-state index in [1.165, 1.54) is 12.1 Å². The smallest absolute Gasteiger partial charge is 0.274 e. The number of fused-ring (bicyclic) bond motifs is 1. The molecule has 3 heterocycles. The number of nitrogens with one attached hydrogen (secondary N) is 1. The summed E-state index contributed by atoms with van der Waals surface area (Å²) in [5.74, 6) is -0.0111. The molecular weight excluding hydrogens is 457 g/mol. The first kappa shape index (κ1) is 20.9. The van der Waals surface area contributed by atoms with Crippen LogP contribution >= 0.6 is 11.6 Å². The van der Waals surface area contributed by atoms with Gasteiger partial charge in [-0.1, -0.05) is 16.8 Å². The highest BCUT2D eigenvalue weighted by atomic mass is 35.5. The molecule has 33 heavy (non-hydrogen) atoms. The van der Waals surface area contributed by atoms with Crippen molar-refractivity contribution in [2.45, 2.75) is 12.8 Å². The minimum atomic E-state index is -0.649. The molecule has 0 saturated heterocycles. The maximum Gasteiger partial charge on any atom is 0.274 e. The number of ether oxygens (including phenoxy) is 2. The lowest BCUT2D eigenvalue weighted by Crippen LogP contribution is -2.38. The number of carbonyl (C=O) groups is 2. The summed E-state index contributed by atoms with van der Waals surface area (Å²) in [5.41, 5.74) is 0.920. The Bertz CT molecular complexity index is 1290. The molecule has 2 aliphatic heterocycles. The fourth-order valence-corrected chi connectivity index (χ4v) is 3.46. The Morgan fingerprint density at radius 1 is 1.15 bits per heavy atom. The summed E-state index contributed by atoms with van der Waals surface area (Å²) in [6.45, 7) is -0.272. The van der Waals surface area contributed by atoms with Crippen molar-refractivity contribution in [3.63, 3.8) is 0 Å². The van der Waals surface area contributed by atoms with Crippen molar-refractivity contribution in [1.29, 1.82) is 0 Å². The Labute approximate surface area is 190 Å². The second-order valence-electron chi connectivity index (χ2n) is 7.16. The van der Waals surface area contributed by atoms with E-state index in [4.69, 9.17) is 25.6 Å². The molecule has 2 amide bonds. The molecule has 3 aromatic rings.